The van der Waals surface area contributed by atoms with Gasteiger partial charge in [0.05, 0.1) is 0 Å². The Morgan fingerprint density at radius 3 is 1.20 bits per heavy atom. The lowest BCUT2D eigenvalue weighted by Gasteiger charge is -1.91. The molecule has 0 aliphatic heterocycles. The van der Waals surface area contributed by atoms with E-state index in [0.717, 1.165) is 0 Å². The molecule has 0 aromatic carbocycles. The number of hydrogen-bond donors (Lipinski definition) is 4. The first-order chi connectivity index (χ1) is 2.00. The van der Waals surface area contributed by atoms with Gasteiger partial charge in [-0.05, 0) is 0 Å². The minimum Gasteiger partial charge on any atom is -0.368 e. The fourth-order valence-corrected chi connectivity index (χ4v) is 0. The van der Waals surface area contributed by atoms with Crippen LogP contribution < -0.4 is 0 Å². The Hall–Kier alpha value is 0.0569. The van der Waals surface area contributed by atoms with Crippen molar-refractivity contribution in [3.05, 3.63) is 0 Å². The monoisotopic (exact) mass is 84.1 g/mol. The van der Waals surface area contributed by atoms with Crippen molar-refractivity contribution in [1.29, 1.82) is 0 Å². The van der Waals surface area contributed by atoms with Gasteiger partial charge in [-0.2, -0.15) is 0 Å². The molecule has 0 aliphatic carbocycles. The third-order valence-corrected chi connectivity index (χ3v) is 0. The highest BCUT2D eigenvalue weighted by Crippen LogP contribution is 1.67. The average molecular weight is 84.2 g/mol. The van der Waals surface area contributed by atoms with Gasteiger partial charge in [-0.15, -0.1) is 0 Å². The molecule has 0 aromatic rings. The van der Waals surface area contributed by atoms with E-state index in [9.17, 15) is 0 Å². The zero-order valence-corrected chi connectivity index (χ0v) is 3.29. The molecule has 0 heterocycles. The minimum atomic E-state index is -4.61. The zero-order valence-electron chi connectivity index (χ0n) is 2.29. The van der Waals surface area contributed by atoms with Gasteiger partial charge in [0.1, 0.15) is 0 Å². The first kappa shape index (κ1) is 5.06. The predicted molar refractivity (Wildman–Crippen MR) is 14.6 cm³/mol. The van der Waals surface area contributed by atoms with Crippen LogP contribution >= 0.6 is 0 Å². The second kappa shape index (κ2) is 1.03. The van der Waals surface area contributed by atoms with E-state index in [1.165, 1.54) is 0 Å². The summed E-state index contributed by atoms with van der Waals surface area (Å²) in [6.45, 7) is 0. The van der Waals surface area contributed by atoms with Crippen molar-refractivity contribution < 1.29 is 19.2 Å². The van der Waals surface area contributed by atoms with Crippen molar-refractivity contribution in [3.63, 3.8) is 0 Å². The van der Waals surface area contributed by atoms with Gasteiger partial charge in [0, 0.05) is 0 Å². The van der Waals surface area contributed by atoms with Crippen LogP contribution in [0.5, 0.6) is 0 Å². The molecular weight excluding hydrogens is 80.2 g/mol. The summed E-state index contributed by atoms with van der Waals surface area (Å²) >= 11 is 0. The maximum Gasteiger partial charge on any atom is 0.668 e. The Kier molecular flexibility index (Phi) is 1.05. The van der Waals surface area contributed by atoms with E-state index in [2.05, 4.69) is 0 Å². The predicted octanol–water partition coefficient (Wildman–Crippen LogP) is -2.61. The van der Waals surface area contributed by atoms with Crippen LogP contribution in [-0.2, 0) is 0 Å². The molecule has 0 radical (unpaired) electrons. The van der Waals surface area contributed by atoms with Crippen LogP contribution in [0.3, 0.4) is 0 Å². The van der Waals surface area contributed by atoms with E-state index in [0.29, 0.717) is 0 Å². The van der Waals surface area contributed by atoms with Gasteiger partial charge in [0.15, 0.2) is 0 Å². The van der Waals surface area contributed by atoms with Crippen LogP contribution in [0.15, 0.2) is 0 Å². The second-order valence-corrected chi connectivity index (χ2v) is 1.80. The van der Waals surface area contributed by atoms with Crippen LogP contribution in [0.1, 0.15) is 0 Å². The molecule has 5 heavy (non-hydrogen) atoms. The quantitative estimate of drug-likeness (QED) is 0.242. The van der Waals surface area contributed by atoms with E-state index in [-0.39, 0.29) is 0 Å². The summed E-state index contributed by atoms with van der Waals surface area (Å²) in [7, 11) is -4.61. The highest BCUT2D eigenvalue weighted by Gasteiger charge is 2.22. The summed E-state index contributed by atoms with van der Waals surface area (Å²) in [5, 5.41) is 0. The van der Waals surface area contributed by atoms with E-state index in [4.69, 9.17) is 19.2 Å². The van der Waals surface area contributed by atoms with Gasteiger partial charge in [0.2, 0.25) is 0 Å². The first-order valence-electron chi connectivity index (χ1n) is 0.894. The third-order valence-electron chi connectivity index (χ3n) is 0. The lowest BCUT2D eigenvalue weighted by atomic mass is 11.8. The van der Waals surface area contributed by atoms with Gasteiger partial charge < -0.3 is 19.2 Å². The third kappa shape index (κ3) is 5300. The van der Waals surface area contributed by atoms with E-state index in [1.807, 2.05) is 0 Å². The van der Waals surface area contributed by atoms with Crippen molar-refractivity contribution in [2.75, 3.05) is 0 Å². The van der Waals surface area contributed by atoms with Crippen LogP contribution in [0.25, 0.3) is 0 Å². The molecule has 0 spiro atoms. The van der Waals surface area contributed by atoms with Crippen LogP contribution in [-0.4, -0.2) is 28.2 Å². The smallest absolute Gasteiger partial charge is 0.368 e. The summed E-state index contributed by atoms with van der Waals surface area (Å²) in [6, 6.07) is 0. The van der Waals surface area contributed by atoms with Crippen LogP contribution in [0.2, 0.25) is 0 Å². The lowest BCUT2D eigenvalue weighted by Crippen LogP contribution is -2.33. The van der Waals surface area contributed by atoms with Crippen molar-refractivity contribution in [3.8, 4) is 0 Å². The van der Waals surface area contributed by atoms with Gasteiger partial charge in [-0.25, -0.2) is 0 Å². The summed E-state index contributed by atoms with van der Waals surface area (Å²) in [6.07, 6.45) is 0. The maximum absolute atomic E-state index is 7.33. The molecule has 0 atom stereocenters. The molecule has 4 N–H and O–H groups in total. The fraction of sp³-hybridized carbons (Fsp3) is 0. The van der Waals surface area contributed by atoms with E-state index >= 15 is 0 Å². The van der Waals surface area contributed by atoms with Gasteiger partial charge in [-0.3, -0.25) is 0 Å². The molecule has 0 saturated carbocycles. The van der Waals surface area contributed by atoms with Crippen molar-refractivity contribution >= 4 is 9.05 Å². The highest BCUT2D eigenvalue weighted by atomic mass is 28.4. The maximum atomic E-state index is 7.33. The molecule has 0 unspecified atom stereocenters. The molecule has 4 nitrogen and oxygen atoms in total. The number of rotatable bonds is 0. The Bertz CT molecular complexity index is 19.1. The molecule has 0 saturated heterocycles. The standard InChI is InChI=1S/H4O4Si/c1-5(2,3)4/h1-4H/i1-4,2-4,3-4. The van der Waals surface area contributed by atoms with Crippen LogP contribution in [0, 0.1) is 0 Å². The Morgan fingerprint density at radius 2 is 1.20 bits per heavy atom. The van der Waals surface area contributed by atoms with E-state index in [1.54, 1.807) is 0 Å². The van der Waals surface area contributed by atoms with Crippen molar-refractivity contribution in [2.45, 2.75) is 0 Å². The second-order valence-electron chi connectivity index (χ2n) is 0.600. The molecule has 0 aromatic heterocycles. The van der Waals surface area contributed by atoms with Gasteiger partial charge in [0.25, 0.3) is 0 Å². The van der Waals surface area contributed by atoms with Crippen molar-refractivity contribution in [2.24, 2.45) is 0 Å². The molecule has 0 amide bonds. The summed E-state index contributed by atoms with van der Waals surface area (Å²) < 4.78 is 0. The summed E-state index contributed by atoms with van der Waals surface area (Å²) in [4.78, 5) is 29.3. The normalized spacial score (nSPS) is 12.0. The molecule has 0 fully saturated rings. The Labute approximate surface area is 29.4 Å². The topological polar surface area (TPSA) is 80.9 Å². The molecule has 5 heteroatoms. The van der Waals surface area contributed by atoms with Gasteiger partial charge in [-0.1, -0.05) is 0 Å². The SMILES string of the molecule is O[Si]([12OH])([12OH])[12OH]. The average Bonchev–Trinajstić information content (AvgIpc) is 0.722. The Morgan fingerprint density at radius 1 is 1.20 bits per heavy atom. The lowest BCUT2D eigenvalue weighted by molar-refractivity contribution is 0.117. The number of hydrogen-bond acceptors (Lipinski definition) is 4. The molecule has 0 aliphatic rings. The Balaban J connectivity index is 3.02. The molecule has 32 valence electrons. The molecular formula is H4O4Si. The highest BCUT2D eigenvalue weighted by molar-refractivity contribution is 6.46. The van der Waals surface area contributed by atoms with Gasteiger partial charge >= 0.3 is 9.05 Å². The van der Waals surface area contributed by atoms with Crippen molar-refractivity contribution in [1.82, 2.24) is 0 Å². The molecule has 0 bridgehead atoms. The minimum absolute atomic E-state index is 4.61. The largest absolute Gasteiger partial charge is 0.668 e. The zero-order chi connectivity index (χ0) is 4.50. The summed E-state index contributed by atoms with van der Waals surface area (Å²) in [5.41, 5.74) is 0. The summed E-state index contributed by atoms with van der Waals surface area (Å²) in [5.74, 6) is 0. The van der Waals surface area contributed by atoms with E-state index < -0.39 is 9.05 Å². The molecule has 0 rings (SSSR count). The fourth-order valence-electron chi connectivity index (χ4n) is 0. The van der Waals surface area contributed by atoms with Crippen LogP contribution in [0.4, 0.5) is 0 Å². The first-order valence-corrected chi connectivity index (χ1v) is 2.68.